The number of aliphatic hydroxyl groups is 1. The van der Waals surface area contributed by atoms with Crippen molar-refractivity contribution in [3.05, 3.63) is 29.3 Å². The van der Waals surface area contributed by atoms with Crippen molar-refractivity contribution in [1.29, 1.82) is 0 Å². The van der Waals surface area contributed by atoms with Gasteiger partial charge in [-0.25, -0.2) is 0 Å². The predicted molar refractivity (Wildman–Crippen MR) is 73.6 cm³/mol. The minimum atomic E-state index is -0.583. The number of rotatable bonds is 0. The zero-order valence-electron chi connectivity index (χ0n) is 11.3. The van der Waals surface area contributed by atoms with Gasteiger partial charge in [0, 0.05) is 18.4 Å². The molecule has 4 atom stereocenters. The SMILES string of the molecule is O=C1CCC(O)[C@H]2[C@H]3Cc4c(O)cccc4[C@@]12CCN3. The molecule has 3 N–H and O–H groups in total. The number of hydrogen-bond donors (Lipinski definition) is 3. The summed E-state index contributed by atoms with van der Waals surface area (Å²) in [4.78, 5) is 12.8. The van der Waals surface area contributed by atoms with Crippen molar-refractivity contribution in [1.82, 2.24) is 5.32 Å². The average molecular weight is 273 g/mol. The number of Topliss-reactive ketones (excluding diaryl/α,β-unsaturated/α-hetero) is 1. The fourth-order valence-electron chi connectivity index (χ4n) is 4.79. The Labute approximate surface area is 117 Å². The van der Waals surface area contributed by atoms with E-state index in [-0.39, 0.29) is 23.5 Å². The lowest BCUT2D eigenvalue weighted by molar-refractivity contribution is -0.139. The van der Waals surface area contributed by atoms with Gasteiger partial charge in [-0.05, 0) is 43.0 Å². The van der Waals surface area contributed by atoms with Crippen LogP contribution >= 0.6 is 0 Å². The first kappa shape index (κ1) is 12.4. The molecule has 20 heavy (non-hydrogen) atoms. The summed E-state index contributed by atoms with van der Waals surface area (Å²) in [6, 6.07) is 5.56. The second kappa shape index (κ2) is 4.06. The summed E-state index contributed by atoms with van der Waals surface area (Å²) in [6.07, 6.45) is 2.00. The van der Waals surface area contributed by atoms with E-state index in [0.717, 1.165) is 24.1 Å². The Balaban J connectivity index is 1.99. The number of fused-ring (bicyclic) bond motifs is 1. The molecular formula is C16H19NO3. The van der Waals surface area contributed by atoms with E-state index in [1.54, 1.807) is 6.07 Å². The van der Waals surface area contributed by atoms with E-state index < -0.39 is 11.5 Å². The molecule has 1 aromatic carbocycles. The van der Waals surface area contributed by atoms with Crippen LogP contribution in [0.5, 0.6) is 5.75 Å². The second-order valence-electron chi connectivity index (χ2n) is 6.34. The number of carbonyl (C=O) groups excluding carboxylic acids is 1. The Morgan fingerprint density at radius 1 is 1.35 bits per heavy atom. The topological polar surface area (TPSA) is 69.6 Å². The predicted octanol–water partition coefficient (Wildman–Crippen LogP) is 0.888. The van der Waals surface area contributed by atoms with Crippen LogP contribution in [0.2, 0.25) is 0 Å². The Morgan fingerprint density at radius 2 is 2.20 bits per heavy atom. The Hall–Kier alpha value is -1.39. The molecule has 1 unspecified atom stereocenters. The van der Waals surface area contributed by atoms with E-state index in [4.69, 9.17) is 0 Å². The van der Waals surface area contributed by atoms with Crippen LogP contribution in [0.1, 0.15) is 30.4 Å². The number of aliphatic hydroxyl groups excluding tert-OH is 1. The van der Waals surface area contributed by atoms with Crippen LogP contribution < -0.4 is 5.32 Å². The van der Waals surface area contributed by atoms with E-state index in [2.05, 4.69) is 5.32 Å². The quantitative estimate of drug-likeness (QED) is 0.656. The molecule has 4 nitrogen and oxygen atoms in total. The normalized spacial score (nSPS) is 39.0. The first-order valence-corrected chi connectivity index (χ1v) is 7.40. The van der Waals surface area contributed by atoms with Gasteiger partial charge in [-0.15, -0.1) is 0 Å². The van der Waals surface area contributed by atoms with Gasteiger partial charge in [0.15, 0.2) is 0 Å². The van der Waals surface area contributed by atoms with Crippen LogP contribution in [0.3, 0.4) is 0 Å². The molecule has 4 rings (SSSR count). The summed E-state index contributed by atoms with van der Waals surface area (Å²) in [6.45, 7) is 0.800. The smallest absolute Gasteiger partial charge is 0.144 e. The molecule has 2 bridgehead atoms. The van der Waals surface area contributed by atoms with Crippen molar-refractivity contribution in [2.45, 2.75) is 43.2 Å². The number of hydrogen-bond acceptors (Lipinski definition) is 4. The highest BCUT2D eigenvalue weighted by Gasteiger charge is 2.59. The fourth-order valence-corrected chi connectivity index (χ4v) is 4.79. The minimum Gasteiger partial charge on any atom is -0.508 e. The summed E-state index contributed by atoms with van der Waals surface area (Å²) in [7, 11) is 0. The standard InChI is InChI=1S/C16H19NO3/c18-12-3-1-2-10-9(12)8-11-15-13(19)4-5-14(20)16(10,15)6-7-17-11/h1-3,11,13,15,17-19H,4-8H2/t11-,13?,15-,16+/m1/s1. The molecule has 3 aliphatic rings. The summed E-state index contributed by atoms with van der Waals surface area (Å²) in [5.41, 5.74) is 1.27. The van der Waals surface area contributed by atoms with E-state index in [0.29, 0.717) is 19.3 Å². The number of phenolic OH excluding ortho intramolecular Hbond substituents is 1. The molecule has 2 fully saturated rings. The average Bonchev–Trinajstić information content (AvgIpc) is 2.44. The van der Waals surface area contributed by atoms with E-state index in [1.807, 2.05) is 12.1 Å². The van der Waals surface area contributed by atoms with E-state index in [1.165, 1.54) is 0 Å². The molecular weight excluding hydrogens is 254 g/mol. The number of carbonyl (C=O) groups is 1. The van der Waals surface area contributed by atoms with Crippen LogP contribution in [0.25, 0.3) is 0 Å². The van der Waals surface area contributed by atoms with Gasteiger partial charge in [-0.2, -0.15) is 0 Å². The van der Waals surface area contributed by atoms with Gasteiger partial charge in [-0.1, -0.05) is 12.1 Å². The molecule has 4 heteroatoms. The van der Waals surface area contributed by atoms with Crippen LogP contribution in [0.15, 0.2) is 18.2 Å². The van der Waals surface area contributed by atoms with Gasteiger partial charge >= 0.3 is 0 Å². The number of ketones is 1. The summed E-state index contributed by atoms with van der Waals surface area (Å²) in [5.74, 6) is 0.472. The molecule has 1 aromatic rings. The van der Waals surface area contributed by atoms with Crippen molar-refractivity contribution >= 4 is 5.78 Å². The highest BCUT2D eigenvalue weighted by molar-refractivity contribution is 5.93. The molecule has 1 heterocycles. The molecule has 106 valence electrons. The molecule has 0 amide bonds. The van der Waals surface area contributed by atoms with Gasteiger partial charge in [0.2, 0.25) is 0 Å². The first-order valence-electron chi connectivity index (χ1n) is 7.40. The van der Waals surface area contributed by atoms with Crippen molar-refractivity contribution in [2.24, 2.45) is 5.92 Å². The largest absolute Gasteiger partial charge is 0.508 e. The van der Waals surface area contributed by atoms with Crippen LogP contribution in [0.4, 0.5) is 0 Å². The Kier molecular flexibility index (Phi) is 2.51. The third-order valence-corrected chi connectivity index (χ3v) is 5.56. The van der Waals surface area contributed by atoms with E-state index in [9.17, 15) is 15.0 Å². The minimum absolute atomic E-state index is 0.0493. The highest BCUT2D eigenvalue weighted by atomic mass is 16.3. The summed E-state index contributed by atoms with van der Waals surface area (Å²) >= 11 is 0. The summed E-state index contributed by atoms with van der Waals surface area (Å²) in [5, 5.41) is 24.1. The summed E-state index contributed by atoms with van der Waals surface area (Å²) < 4.78 is 0. The first-order chi connectivity index (χ1) is 9.64. The van der Waals surface area contributed by atoms with Crippen LogP contribution in [-0.2, 0) is 16.6 Å². The number of phenols is 1. The van der Waals surface area contributed by atoms with Gasteiger partial charge in [0.05, 0.1) is 11.5 Å². The molecule has 1 saturated heterocycles. The van der Waals surface area contributed by atoms with Crippen LogP contribution in [0, 0.1) is 5.92 Å². The Morgan fingerprint density at radius 3 is 3.05 bits per heavy atom. The number of piperidine rings is 1. The fraction of sp³-hybridized carbons (Fsp3) is 0.562. The van der Waals surface area contributed by atoms with Crippen molar-refractivity contribution in [2.75, 3.05) is 6.54 Å². The third-order valence-electron chi connectivity index (χ3n) is 5.56. The molecule has 0 radical (unpaired) electrons. The van der Waals surface area contributed by atoms with Gasteiger partial charge in [0.1, 0.15) is 11.5 Å². The van der Waals surface area contributed by atoms with Crippen molar-refractivity contribution in [3.8, 4) is 5.75 Å². The van der Waals surface area contributed by atoms with Crippen molar-refractivity contribution < 1.29 is 15.0 Å². The third kappa shape index (κ3) is 1.36. The molecule has 0 aromatic heterocycles. The lowest BCUT2D eigenvalue weighted by atomic mass is 9.51. The van der Waals surface area contributed by atoms with Gasteiger partial charge in [-0.3, -0.25) is 4.79 Å². The lowest BCUT2D eigenvalue weighted by Crippen LogP contribution is -2.66. The maximum Gasteiger partial charge on any atom is 0.144 e. The highest BCUT2D eigenvalue weighted by Crippen LogP contribution is 2.53. The second-order valence-corrected chi connectivity index (χ2v) is 6.34. The molecule has 2 aliphatic carbocycles. The zero-order valence-corrected chi connectivity index (χ0v) is 11.3. The number of aromatic hydroxyl groups is 1. The molecule has 1 saturated carbocycles. The monoisotopic (exact) mass is 273 g/mol. The zero-order chi connectivity index (χ0) is 13.9. The van der Waals surface area contributed by atoms with Crippen molar-refractivity contribution in [3.63, 3.8) is 0 Å². The van der Waals surface area contributed by atoms with Crippen LogP contribution in [-0.4, -0.2) is 34.7 Å². The molecule has 1 aliphatic heterocycles. The Bertz CT molecular complexity index is 585. The maximum atomic E-state index is 12.8. The number of nitrogens with one attached hydrogen (secondary N) is 1. The lowest BCUT2D eigenvalue weighted by Gasteiger charge is -2.56. The molecule has 0 spiro atoms. The maximum absolute atomic E-state index is 12.8. The van der Waals surface area contributed by atoms with Gasteiger partial charge < -0.3 is 15.5 Å². The van der Waals surface area contributed by atoms with Gasteiger partial charge in [0.25, 0.3) is 0 Å². The van der Waals surface area contributed by atoms with E-state index >= 15 is 0 Å². The number of benzene rings is 1.